The lowest BCUT2D eigenvalue weighted by molar-refractivity contribution is 0.0474. The van der Waals surface area contributed by atoms with Crippen molar-refractivity contribution >= 4 is 17.6 Å². The van der Waals surface area contributed by atoms with E-state index in [0.29, 0.717) is 0 Å². The molecule has 1 aromatic carbocycles. The molecule has 0 bridgehead atoms. The third-order valence-corrected chi connectivity index (χ3v) is 4.50. The number of hydrogen-bond acceptors (Lipinski definition) is 7. The summed E-state index contributed by atoms with van der Waals surface area (Å²) in [5, 5.41) is 0. The van der Waals surface area contributed by atoms with Gasteiger partial charge in [0.1, 0.15) is 11.4 Å². The van der Waals surface area contributed by atoms with Crippen LogP contribution in [0.1, 0.15) is 33.2 Å². The van der Waals surface area contributed by atoms with Gasteiger partial charge in [-0.15, -0.1) is 0 Å². The molecule has 0 unspecified atom stereocenters. The molecule has 30 heavy (non-hydrogen) atoms. The van der Waals surface area contributed by atoms with Gasteiger partial charge in [0.25, 0.3) is 5.56 Å². The first kappa shape index (κ1) is 20.7. The molecular weight excluding hydrogens is 388 g/mol. The van der Waals surface area contributed by atoms with E-state index in [-0.39, 0.29) is 30.0 Å². The molecule has 154 valence electrons. The molecular formula is C21H20N4O5. The van der Waals surface area contributed by atoms with E-state index in [1.165, 1.54) is 24.5 Å². The number of esters is 1. The maximum atomic E-state index is 12.7. The number of ether oxygens (including phenoxy) is 1. The van der Waals surface area contributed by atoms with Crippen molar-refractivity contribution in [2.75, 3.05) is 12.3 Å². The molecule has 9 nitrogen and oxygen atoms in total. The Morgan fingerprint density at radius 3 is 2.33 bits per heavy atom. The number of benzene rings is 1. The van der Waals surface area contributed by atoms with Gasteiger partial charge in [-0.1, -0.05) is 30.3 Å². The fourth-order valence-electron chi connectivity index (χ4n) is 2.95. The molecule has 2 heterocycles. The van der Waals surface area contributed by atoms with Crippen LogP contribution < -0.4 is 17.0 Å². The zero-order valence-electron chi connectivity index (χ0n) is 16.3. The third-order valence-electron chi connectivity index (χ3n) is 4.50. The van der Waals surface area contributed by atoms with Crippen LogP contribution in [-0.2, 0) is 17.8 Å². The van der Waals surface area contributed by atoms with Crippen LogP contribution in [0.4, 0.5) is 5.82 Å². The Kier molecular flexibility index (Phi) is 6.21. The molecule has 2 N–H and O–H groups in total. The van der Waals surface area contributed by atoms with E-state index in [1.807, 2.05) is 6.07 Å². The zero-order valence-corrected chi connectivity index (χ0v) is 16.3. The van der Waals surface area contributed by atoms with E-state index in [2.05, 4.69) is 4.98 Å². The minimum absolute atomic E-state index is 0.0593. The van der Waals surface area contributed by atoms with Crippen molar-refractivity contribution in [1.82, 2.24) is 14.1 Å². The highest BCUT2D eigenvalue weighted by Gasteiger charge is 2.23. The van der Waals surface area contributed by atoms with E-state index in [0.717, 1.165) is 14.7 Å². The maximum absolute atomic E-state index is 12.7. The maximum Gasteiger partial charge on any atom is 0.338 e. The number of nitrogen functional groups attached to an aromatic ring is 1. The lowest BCUT2D eigenvalue weighted by atomic mass is 10.1. The molecule has 0 atom stereocenters. The Hall–Kier alpha value is -4.01. The lowest BCUT2D eigenvalue weighted by Gasteiger charge is -2.15. The predicted octanol–water partition coefficient (Wildman–Crippen LogP) is 1.10. The minimum Gasteiger partial charge on any atom is -0.454 e. The van der Waals surface area contributed by atoms with E-state index < -0.39 is 29.6 Å². The summed E-state index contributed by atoms with van der Waals surface area (Å²) in [6.07, 6.45) is 2.82. The number of aromatic nitrogens is 3. The quantitative estimate of drug-likeness (QED) is 0.458. The molecule has 0 fully saturated rings. The van der Waals surface area contributed by atoms with Gasteiger partial charge >= 0.3 is 11.7 Å². The second-order valence-corrected chi connectivity index (χ2v) is 6.40. The fraction of sp³-hybridized carbons (Fsp3) is 0.190. The predicted molar refractivity (Wildman–Crippen MR) is 109 cm³/mol. The van der Waals surface area contributed by atoms with Crippen molar-refractivity contribution in [2.24, 2.45) is 0 Å². The summed E-state index contributed by atoms with van der Waals surface area (Å²) >= 11 is 0. The molecule has 0 amide bonds. The van der Waals surface area contributed by atoms with Crippen LogP contribution >= 0.6 is 0 Å². The second-order valence-electron chi connectivity index (χ2n) is 6.40. The van der Waals surface area contributed by atoms with Gasteiger partial charge in [-0.05, 0) is 24.6 Å². The smallest absolute Gasteiger partial charge is 0.338 e. The fourth-order valence-corrected chi connectivity index (χ4v) is 2.95. The number of ketones is 1. The summed E-state index contributed by atoms with van der Waals surface area (Å²) in [5.74, 6) is -1.79. The standard InChI is InChI=1S/C21H20N4O5/c1-2-24-19(27)17(16(26)13-30-20(28)15-8-10-23-11-9-15)18(22)25(21(24)29)12-14-6-4-3-5-7-14/h3-11H,2,12-13,22H2,1H3. The third kappa shape index (κ3) is 4.19. The van der Waals surface area contributed by atoms with Gasteiger partial charge in [0.05, 0.1) is 12.1 Å². The highest BCUT2D eigenvalue weighted by Crippen LogP contribution is 2.10. The number of carbonyl (C=O) groups excluding carboxylic acids is 2. The summed E-state index contributed by atoms with van der Waals surface area (Å²) in [7, 11) is 0. The molecule has 0 aliphatic carbocycles. The van der Waals surface area contributed by atoms with Crippen LogP contribution in [0.25, 0.3) is 0 Å². The Labute approximate surface area is 171 Å². The average Bonchev–Trinajstić information content (AvgIpc) is 2.76. The molecule has 3 aromatic rings. The summed E-state index contributed by atoms with van der Waals surface area (Å²) in [5.41, 5.74) is 5.23. The van der Waals surface area contributed by atoms with Gasteiger partial charge in [0.2, 0.25) is 5.78 Å². The molecule has 0 radical (unpaired) electrons. The van der Waals surface area contributed by atoms with Gasteiger partial charge in [0.15, 0.2) is 6.61 Å². The van der Waals surface area contributed by atoms with Crippen molar-refractivity contribution in [3.63, 3.8) is 0 Å². The number of nitrogens with zero attached hydrogens (tertiary/aromatic N) is 3. The number of nitrogens with two attached hydrogens (primary N) is 1. The average molecular weight is 408 g/mol. The Morgan fingerprint density at radius 1 is 1.03 bits per heavy atom. The number of pyridine rings is 1. The van der Waals surface area contributed by atoms with Gasteiger partial charge in [0, 0.05) is 18.9 Å². The monoisotopic (exact) mass is 408 g/mol. The molecule has 2 aromatic heterocycles. The first-order valence-corrected chi connectivity index (χ1v) is 9.21. The van der Waals surface area contributed by atoms with Crippen molar-refractivity contribution < 1.29 is 14.3 Å². The molecule has 3 rings (SSSR count). The first-order valence-electron chi connectivity index (χ1n) is 9.21. The summed E-state index contributed by atoms with van der Waals surface area (Å²) in [6.45, 7) is 1.07. The second kappa shape index (κ2) is 8.99. The normalized spacial score (nSPS) is 10.6. The number of Topliss-reactive ketones (excluding diaryl/α,β-unsaturated/α-hetero) is 1. The van der Waals surface area contributed by atoms with Crippen LogP contribution in [0.3, 0.4) is 0 Å². The van der Waals surface area contributed by atoms with E-state index >= 15 is 0 Å². The molecule has 9 heteroatoms. The Morgan fingerprint density at radius 2 is 1.70 bits per heavy atom. The van der Waals surface area contributed by atoms with Crippen molar-refractivity contribution in [1.29, 1.82) is 0 Å². The van der Waals surface area contributed by atoms with Crippen LogP contribution in [0.15, 0.2) is 64.4 Å². The molecule has 0 spiro atoms. The summed E-state index contributed by atoms with van der Waals surface area (Å²) in [6, 6.07) is 11.9. The number of rotatable bonds is 7. The Balaban J connectivity index is 1.94. The summed E-state index contributed by atoms with van der Waals surface area (Å²) < 4.78 is 7.10. The molecule has 0 saturated heterocycles. The molecule has 0 aliphatic rings. The van der Waals surface area contributed by atoms with Gasteiger partial charge in [-0.3, -0.25) is 23.7 Å². The van der Waals surface area contributed by atoms with Gasteiger partial charge in [-0.2, -0.15) is 0 Å². The number of anilines is 1. The lowest BCUT2D eigenvalue weighted by Crippen LogP contribution is -2.44. The summed E-state index contributed by atoms with van der Waals surface area (Å²) in [4.78, 5) is 54.0. The SMILES string of the molecule is CCn1c(=O)c(C(=O)COC(=O)c2ccncc2)c(N)n(Cc2ccccc2)c1=O. The molecule has 0 saturated carbocycles. The highest BCUT2D eigenvalue weighted by molar-refractivity contribution is 6.02. The van der Waals surface area contributed by atoms with E-state index in [1.54, 1.807) is 31.2 Å². The number of carbonyl (C=O) groups is 2. The van der Waals surface area contributed by atoms with Crippen LogP contribution in [0.5, 0.6) is 0 Å². The molecule has 0 aliphatic heterocycles. The van der Waals surface area contributed by atoms with Crippen molar-refractivity contribution in [3.05, 3.63) is 92.4 Å². The van der Waals surface area contributed by atoms with Gasteiger partial charge in [-0.25, -0.2) is 9.59 Å². The topological polar surface area (TPSA) is 126 Å². The van der Waals surface area contributed by atoms with Gasteiger partial charge < -0.3 is 10.5 Å². The van der Waals surface area contributed by atoms with Crippen LogP contribution in [-0.4, -0.2) is 32.5 Å². The van der Waals surface area contributed by atoms with Crippen LogP contribution in [0, 0.1) is 0 Å². The van der Waals surface area contributed by atoms with E-state index in [9.17, 15) is 19.2 Å². The van der Waals surface area contributed by atoms with Crippen molar-refractivity contribution in [3.8, 4) is 0 Å². The van der Waals surface area contributed by atoms with Crippen LogP contribution in [0.2, 0.25) is 0 Å². The largest absolute Gasteiger partial charge is 0.454 e. The Bertz CT molecular complexity index is 1180. The highest BCUT2D eigenvalue weighted by atomic mass is 16.5. The van der Waals surface area contributed by atoms with E-state index in [4.69, 9.17) is 10.5 Å². The zero-order chi connectivity index (χ0) is 21.7. The number of hydrogen-bond donors (Lipinski definition) is 1. The minimum atomic E-state index is -0.811. The van der Waals surface area contributed by atoms with Crippen molar-refractivity contribution in [2.45, 2.75) is 20.0 Å². The first-order chi connectivity index (χ1) is 14.4.